The van der Waals surface area contributed by atoms with Crippen molar-refractivity contribution in [2.75, 3.05) is 11.1 Å². The van der Waals surface area contributed by atoms with Gasteiger partial charge in [0.1, 0.15) is 16.9 Å². The number of carbonyl (C=O) groups excluding carboxylic acids is 1. The third-order valence-electron chi connectivity index (χ3n) is 2.85. The van der Waals surface area contributed by atoms with Gasteiger partial charge in [0, 0.05) is 5.69 Å². The highest BCUT2D eigenvalue weighted by Crippen LogP contribution is 2.30. The molecule has 0 unspecified atom stereocenters. The molecule has 3 rings (SSSR count). The number of amides is 1. The molecule has 0 spiro atoms. The number of benzene rings is 2. The Morgan fingerprint density at radius 3 is 2.90 bits per heavy atom. The van der Waals surface area contributed by atoms with Gasteiger partial charge in [-0.2, -0.15) is 8.75 Å². The number of aromatic nitrogens is 2. The van der Waals surface area contributed by atoms with Gasteiger partial charge in [0.05, 0.1) is 28.0 Å². The summed E-state index contributed by atoms with van der Waals surface area (Å²) >= 11 is 7.07. The first-order valence-electron chi connectivity index (χ1n) is 5.83. The van der Waals surface area contributed by atoms with Crippen molar-refractivity contribution in [3.05, 3.63) is 46.7 Å². The van der Waals surface area contributed by atoms with Crippen LogP contribution in [0, 0.1) is 5.82 Å². The average Bonchev–Trinajstić information content (AvgIpc) is 2.93. The van der Waals surface area contributed by atoms with E-state index in [1.165, 1.54) is 12.1 Å². The number of rotatable bonds is 2. The number of anilines is 2. The number of nitrogens with one attached hydrogen (secondary N) is 1. The average molecular weight is 323 g/mol. The summed E-state index contributed by atoms with van der Waals surface area (Å²) in [7, 11) is 0. The second-order valence-corrected chi connectivity index (χ2v) is 5.18. The summed E-state index contributed by atoms with van der Waals surface area (Å²) < 4.78 is 21.8. The lowest BCUT2D eigenvalue weighted by Gasteiger charge is -2.08. The van der Waals surface area contributed by atoms with Crippen LogP contribution in [-0.2, 0) is 0 Å². The van der Waals surface area contributed by atoms with Gasteiger partial charge in [-0.05, 0) is 30.3 Å². The first-order chi connectivity index (χ1) is 10.1. The molecule has 5 nitrogen and oxygen atoms in total. The predicted molar refractivity (Wildman–Crippen MR) is 81.2 cm³/mol. The Morgan fingerprint density at radius 1 is 1.29 bits per heavy atom. The topological polar surface area (TPSA) is 80.9 Å². The molecular weight excluding hydrogens is 315 g/mol. The maximum absolute atomic E-state index is 13.7. The van der Waals surface area contributed by atoms with Crippen molar-refractivity contribution in [1.82, 2.24) is 8.75 Å². The monoisotopic (exact) mass is 322 g/mol. The number of fused-ring (bicyclic) bond motifs is 1. The van der Waals surface area contributed by atoms with Crippen LogP contribution in [-0.4, -0.2) is 14.7 Å². The van der Waals surface area contributed by atoms with Gasteiger partial charge < -0.3 is 11.1 Å². The zero-order valence-corrected chi connectivity index (χ0v) is 12.0. The molecule has 0 saturated carbocycles. The summed E-state index contributed by atoms with van der Waals surface area (Å²) in [5.74, 6) is -1.32. The number of nitrogens with two attached hydrogens (primary N) is 1. The number of nitrogen functional groups attached to an aromatic ring is 1. The molecule has 3 aromatic rings. The summed E-state index contributed by atoms with van der Waals surface area (Å²) in [6.45, 7) is 0. The van der Waals surface area contributed by atoms with Gasteiger partial charge in [0.15, 0.2) is 0 Å². The van der Waals surface area contributed by atoms with E-state index in [2.05, 4.69) is 14.1 Å². The molecule has 0 bridgehead atoms. The minimum Gasteiger partial charge on any atom is -0.399 e. The summed E-state index contributed by atoms with van der Waals surface area (Å²) in [5, 5.41) is 2.86. The number of hydrogen-bond donors (Lipinski definition) is 2. The quantitative estimate of drug-likeness (QED) is 0.709. The van der Waals surface area contributed by atoms with Crippen molar-refractivity contribution >= 4 is 51.6 Å². The van der Waals surface area contributed by atoms with E-state index >= 15 is 0 Å². The van der Waals surface area contributed by atoms with E-state index in [0.29, 0.717) is 27.4 Å². The van der Waals surface area contributed by atoms with Crippen LogP contribution in [0.25, 0.3) is 11.0 Å². The molecule has 3 N–H and O–H groups in total. The van der Waals surface area contributed by atoms with Crippen LogP contribution in [0.3, 0.4) is 0 Å². The molecule has 0 atom stereocenters. The minimum absolute atomic E-state index is 0.161. The molecular formula is C13H8ClFN4OS. The molecule has 1 heterocycles. The lowest BCUT2D eigenvalue weighted by molar-refractivity contribution is 0.102. The first-order valence-corrected chi connectivity index (χ1v) is 6.94. The lowest BCUT2D eigenvalue weighted by Crippen LogP contribution is -2.14. The molecule has 0 aliphatic heterocycles. The molecule has 0 aliphatic rings. The zero-order valence-electron chi connectivity index (χ0n) is 10.4. The molecule has 0 aliphatic carbocycles. The SMILES string of the molecule is Nc1ccc(F)c(C(=O)Nc2c(Cl)ccc3nsnc23)c1. The summed E-state index contributed by atoms with van der Waals surface area (Å²) in [4.78, 5) is 12.2. The maximum atomic E-state index is 13.7. The van der Waals surface area contributed by atoms with E-state index in [1.54, 1.807) is 12.1 Å². The number of halogens is 2. The van der Waals surface area contributed by atoms with Crippen molar-refractivity contribution in [3.63, 3.8) is 0 Å². The van der Waals surface area contributed by atoms with E-state index in [-0.39, 0.29) is 5.56 Å². The van der Waals surface area contributed by atoms with Crippen molar-refractivity contribution in [2.45, 2.75) is 0 Å². The highest BCUT2D eigenvalue weighted by atomic mass is 35.5. The summed E-state index contributed by atoms with van der Waals surface area (Å²) in [5.41, 5.74) is 7.07. The van der Waals surface area contributed by atoms with Crippen LogP contribution >= 0.6 is 23.3 Å². The number of carbonyl (C=O) groups is 1. The third kappa shape index (κ3) is 2.53. The standard InChI is InChI=1S/C13H8ClFN4OS/c14-8-2-4-10-12(19-21-18-10)11(8)17-13(20)7-5-6(16)1-3-9(7)15/h1-5H,16H2,(H,17,20). The fourth-order valence-corrected chi connectivity index (χ4v) is 2.59. The Balaban J connectivity index is 2.02. The van der Waals surface area contributed by atoms with Gasteiger partial charge in [-0.3, -0.25) is 4.79 Å². The molecule has 0 fully saturated rings. The number of hydrogen-bond acceptors (Lipinski definition) is 5. The van der Waals surface area contributed by atoms with E-state index in [9.17, 15) is 9.18 Å². The molecule has 21 heavy (non-hydrogen) atoms. The smallest absolute Gasteiger partial charge is 0.258 e. The maximum Gasteiger partial charge on any atom is 0.258 e. The lowest BCUT2D eigenvalue weighted by atomic mass is 10.1. The molecule has 1 aromatic heterocycles. The van der Waals surface area contributed by atoms with Crippen LogP contribution in [0.1, 0.15) is 10.4 Å². The van der Waals surface area contributed by atoms with E-state index in [0.717, 1.165) is 17.8 Å². The first kappa shape index (κ1) is 13.7. The Morgan fingerprint density at radius 2 is 2.10 bits per heavy atom. The van der Waals surface area contributed by atoms with Gasteiger partial charge in [0.25, 0.3) is 5.91 Å². The van der Waals surface area contributed by atoms with E-state index in [1.807, 2.05) is 0 Å². The predicted octanol–water partition coefficient (Wildman–Crippen LogP) is 3.32. The Hall–Kier alpha value is -2.25. The van der Waals surface area contributed by atoms with Crippen molar-refractivity contribution in [2.24, 2.45) is 0 Å². The summed E-state index contributed by atoms with van der Waals surface area (Å²) in [6, 6.07) is 7.06. The fraction of sp³-hybridized carbons (Fsp3) is 0. The van der Waals surface area contributed by atoms with Gasteiger partial charge in [-0.1, -0.05) is 11.6 Å². The fourth-order valence-electron chi connectivity index (χ4n) is 1.84. The van der Waals surface area contributed by atoms with Gasteiger partial charge in [0.2, 0.25) is 0 Å². The van der Waals surface area contributed by atoms with Gasteiger partial charge >= 0.3 is 0 Å². The largest absolute Gasteiger partial charge is 0.399 e. The molecule has 2 aromatic carbocycles. The normalized spacial score (nSPS) is 10.8. The highest BCUT2D eigenvalue weighted by Gasteiger charge is 2.17. The Labute approximate surface area is 127 Å². The van der Waals surface area contributed by atoms with Crippen molar-refractivity contribution in [1.29, 1.82) is 0 Å². The number of nitrogens with zero attached hydrogens (tertiary/aromatic N) is 2. The van der Waals surface area contributed by atoms with Crippen molar-refractivity contribution in [3.8, 4) is 0 Å². The molecule has 1 amide bonds. The Kier molecular flexibility index (Phi) is 3.44. The van der Waals surface area contributed by atoms with E-state index < -0.39 is 11.7 Å². The molecule has 0 saturated heterocycles. The summed E-state index contributed by atoms with van der Waals surface area (Å²) in [6.07, 6.45) is 0. The van der Waals surface area contributed by atoms with Crippen LogP contribution in [0.15, 0.2) is 30.3 Å². The second-order valence-electron chi connectivity index (χ2n) is 4.25. The van der Waals surface area contributed by atoms with Crippen LogP contribution in [0.2, 0.25) is 5.02 Å². The zero-order chi connectivity index (χ0) is 15.0. The molecule has 8 heteroatoms. The third-order valence-corrected chi connectivity index (χ3v) is 3.71. The van der Waals surface area contributed by atoms with Gasteiger partial charge in [-0.25, -0.2) is 4.39 Å². The van der Waals surface area contributed by atoms with Crippen LogP contribution < -0.4 is 11.1 Å². The van der Waals surface area contributed by atoms with Crippen molar-refractivity contribution < 1.29 is 9.18 Å². The van der Waals surface area contributed by atoms with Crippen LogP contribution in [0.5, 0.6) is 0 Å². The minimum atomic E-state index is -0.665. The second kappa shape index (κ2) is 5.27. The Bertz CT molecular complexity index is 851. The van der Waals surface area contributed by atoms with E-state index in [4.69, 9.17) is 17.3 Å². The van der Waals surface area contributed by atoms with Crippen LogP contribution in [0.4, 0.5) is 15.8 Å². The highest BCUT2D eigenvalue weighted by molar-refractivity contribution is 7.00. The molecule has 106 valence electrons. The molecule has 0 radical (unpaired) electrons. The van der Waals surface area contributed by atoms with Gasteiger partial charge in [-0.15, -0.1) is 0 Å².